The number of benzene rings is 2. The Kier molecular flexibility index (Phi) is 6.07. The number of anilines is 1. The average Bonchev–Trinajstić information content (AvgIpc) is 2.56. The molecule has 2 rings (SSSR count). The molecule has 4 nitrogen and oxygen atoms in total. The third kappa shape index (κ3) is 4.91. The average molecular weight is 328 g/mol. The van der Waals surface area contributed by atoms with Crippen LogP contribution in [-0.4, -0.2) is 18.4 Å². The quantitative estimate of drug-likeness (QED) is 0.846. The van der Waals surface area contributed by atoms with Crippen LogP contribution in [0.5, 0.6) is 0 Å². The molecule has 0 saturated heterocycles. The number of para-hydroxylation sites is 1. The van der Waals surface area contributed by atoms with Crippen LogP contribution in [0, 0.1) is 11.7 Å². The van der Waals surface area contributed by atoms with E-state index in [1.807, 2.05) is 0 Å². The molecule has 0 saturated carbocycles. The first kappa shape index (κ1) is 17.7. The van der Waals surface area contributed by atoms with Crippen LogP contribution in [0.4, 0.5) is 10.1 Å². The van der Waals surface area contributed by atoms with Gasteiger partial charge in [-0.1, -0.05) is 26.0 Å². The van der Waals surface area contributed by atoms with Gasteiger partial charge in [0.25, 0.3) is 11.8 Å². The van der Waals surface area contributed by atoms with E-state index in [4.69, 9.17) is 0 Å². The fraction of sp³-hybridized carbons (Fsp3) is 0.263. The van der Waals surface area contributed by atoms with E-state index in [2.05, 4.69) is 24.5 Å². The van der Waals surface area contributed by atoms with Gasteiger partial charge in [-0.05, 0) is 48.7 Å². The molecule has 2 amide bonds. The van der Waals surface area contributed by atoms with Gasteiger partial charge >= 0.3 is 0 Å². The molecule has 0 fully saturated rings. The van der Waals surface area contributed by atoms with Crippen LogP contribution in [0.1, 0.15) is 41.0 Å². The second-order valence-electron chi connectivity index (χ2n) is 5.95. The Labute approximate surface area is 141 Å². The molecular formula is C19H21FN2O2. The van der Waals surface area contributed by atoms with Gasteiger partial charge in [0.1, 0.15) is 5.82 Å². The smallest absolute Gasteiger partial charge is 0.255 e. The maximum absolute atomic E-state index is 13.5. The van der Waals surface area contributed by atoms with Gasteiger partial charge in [-0.25, -0.2) is 4.39 Å². The molecule has 2 aromatic carbocycles. The maximum Gasteiger partial charge on any atom is 0.255 e. The van der Waals surface area contributed by atoms with Gasteiger partial charge in [0.15, 0.2) is 0 Å². The molecule has 0 aliphatic carbocycles. The van der Waals surface area contributed by atoms with Gasteiger partial charge in [-0.2, -0.15) is 0 Å². The van der Waals surface area contributed by atoms with Crippen LogP contribution in [0.2, 0.25) is 0 Å². The SMILES string of the molecule is CC(C)CCNC(=O)c1ccc(C(=O)Nc2ccccc2F)cc1. The van der Waals surface area contributed by atoms with Gasteiger partial charge in [-0.15, -0.1) is 0 Å². The Morgan fingerprint density at radius 2 is 1.54 bits per heavy atom. The Bertz CT molecular complexity index is 712. The fourth-order valence-electron chi connectivity index (χ4n) is 2.11. The predicted molar refractivity (Wildman–Crippen MR) is 92.6 cm³/mol. The summed E-state index contributed by atoms with van der Waals surface area (Å²) >= 11 is 0. The highest BCUT2D eigenvalue weighted by Crippen LogP contribution is 2.14. The first-order valence-corrected chi connectivity index (χ1v) is 7.91. The molecule has 0 spiro atoms. The second kappa shape index (κ2) is 8.24. The highest BCUT2D eigenvalue weighted by molar-refractivity contribution is 6.05. The van der Waals surface area contributed by atoms with E-state index >= 15 is 0 Å². The lowest BCUT2D eigenvalue weighted by Gasteiger charge is -2.08. The zero-order chi connectivity index (χ0) is 17.5. The number of halogens is 1. The fourth-order valence-corrected chi connectivity index (χ4v) is 2.11. The predicted octanol–water partition coefficient (Wildman–Crippen LogP) is 3.85. The lowest BCUT2D eigenvalue weighted by molar-refractivity contribution is 0.0950. The number of carbonyl (C=O) groups is 2. The van der Waals surface area contributed by atoms with Crippen LogP contribution in [-0.2, 0) is 0 Å². The number of hydrogen-bond donors (Lipinski definition) is 2. The topological polar surface area (TPSA) is 58.2 Å². The van der Waals surface area contributed by atoms with Crippen molar-refractivity contribution in [1.29, 1.82) is 0 Å². The van der Waals surface area contributed by atoms with Gasteiger partial charge in [0.05, 0.1) is 5.69 Å². The van der Waals surface area contributed by atoms with Gasteiger partial charge in [0, 0.05) is 17.7 Å². The van der Waals surface area contributed by atoms with E-state index in [9.17, 15) is 14.0 Å². The summed E-state index contributed by atoms with van der Waals surface area (Å²) in [6, 6.07) is 12.2. The number of rotatable bonds is 6. The lowest BCUT2D eigenvalue weighted by atomic mass is 10.1. The standard InChI is InChI=1S/C19H21FN2O2/c1-13(2)11-12-21-18(23)14-7-9-15(10-8-14)19(24)22-17-6-4-3-5-16(17)20/h3-10,13H,11-12H2,1-2H3,(H,21,23)(H,22,24). The van der Waals surface area contributed by atoms with Crippen molar-refractivity contribution in [1.82, 2.24) is 5.32 Å². The summed E-state index contributed by atoms with van der Waals surface area (Å²) in [5.74, 6) is -0.565. The van der Waals surface area contributed by atoms with Gasteiger partial charge in [0.2, 0.25) is 0 Å². The van der Waals surface area contributed by atoms with Crippen molar-refractivity contribution in [2.45, 2.75) is 20.3 Å². The summed E-state index contributed by atoms with van der Waals surface area (Å²) < 4.78 is 13.5. The third-order valence-electron chi connectivity index (χ3n) is 3.54. The van der Waals surface area contributed by atoms with E-state index in [-0.39, 0.29) is 11.6 Å². The van der Waals surface area contributed by atoms with E-state index < -0.39 is 11.7 Å². The van der Waals surface area contributed by atoms with Crippen molar-refractivity contribution in [2.75, 3.05) is 11.9 Å². The molecule has 5 heteroatoms. The lowest BCUT2D eigenvalue weighted by Crippen LogP contribution is -2.25. The molecule has 0 aromatic heterocycles. The monoisotopic (exact) mass is 328 g/mol. The van der Waals surface area contributed by atoms with Crippen LogP contribution >= 0.6 is 0 Å². The minimum absolute atomic E-state index is 0.123. The number of amides is 2. The molecule has 0 aliphatic heterocycles. The Hall–Kier alpha value is -2.69. The van der Waals surface area contributed by atoms with Crippen LogP contribution in [0.15, 0.2) is 48.5 Å². The summed E-state index contributed by atoms with van der Waals surface area (Å²) in [7, 11) is 0. The number of nitrogens with one attached hydrogen (secondary N) is 2. The molecule has 126 valence electrons. The van der Waals surface area contributed by atoms with Gasteiger partial charge in [-0.3, -0.25) is 9.59 Å². The van der Waals surface area contributed by atoms with E-state index in [0.29, 0.717) is 23.6 Å². The molecule has 0 unspecified atom stereocenters. The molecule has 0 bridgehead atoms. The molecule has 0 radical (unpaired) electrons. The van der Waals surface area contributed by atoms with Crippen molar-refractivity contribution in [2.24, 2.45) is 5.92 Å². The molecule has 2 N–H and O–H groups in total. The highest BCUT2D eigenvalue weighted by Gasteiger charge is 2.11. The first-order valence-electron chi connectivity index (χ1n) is 7.91. The summed E-state index contributed by atoms with van der Waals surface area (Å²) in [6.07, 6.45) is 0.912. The molecular weight excluding hydrogens is 307 g/mol. The van der Waals surface area contributed by atoms with E-state index in [1.165, 1.54) is 12.1 Å². The third-order valence-corrected chi connectivity index (χ3v) is 3.54. The zero-order valence-electron chi connectivity index (χ0n) is 13.8. The van der Waals surface area contributed by atoms with Gasteiger partial charge < -0.3 is 10.6 Å². The molecule has 0 aliphatic rings. The van der Waals surface area contributed by atoms with Crippen molar-refractivity contribution >= 4 is 17.5 Å². The minimum atomic E-state index is -0.494. The Balaban J connectivity index is 1.97. The molecule has 2 aromatic rings. The van der Waals surface area contributed by atoms with Crippen LogP contribution in [0.25, 0.3) is 0 Å². The summed E-state index contributed by atoms with van der Waals surface area (Å²) in [5.41, 5.74) is 0.969. The molecule has 0 atom stereocenters. The van der Waals surface area contributed by atoms with Crippen molar-refractivity contribution in [3.05, 3.63) is 65.5 Å². The normalized spacial score (nSPS) is 10.5. The number of hydrogen-bond acceptors (Lipinski definition) is 2. The van der Waals surface area contributed by atoms with E-state index in [0.717, 1.165) is 6.42 Å². The van der Waals surface area contributed by atoms with Crippen molar-refractivity contribution in [3.8, 4) is 0 Å². The zero-order valence-corrected chi connectivity index (χ0v) is 13.8. The van der Waals surface area contributed by atoms with Crippen LogP contribution < -0.4 is 10.6 Å². The summed E-state index contributed by atoms with van der Waals surface area (Å²) in [4.78, 5) is 24.1. The maximum atomic E-state index is 13.5. The van der Waals surface area contributed by atoms with Crippen LogP contribution in [0.3, 0.4) is 0 Å². The Morgan fingerprint density at radius 3 is 2.12 bits per heavy atom. The summed E-state index contributed by atoms with van der Waals surface area (Å²) in [5, 5.41) is 5.34. The van der Waals surface area contributed by atoms with Crippen molar-refractivity contribution in [3.63, 3.8) is 0 Å². The largest absolute Gasteiger partial charge is 0.352 e. The molecule has 0 heterocycles. The van der Waals surface area contributed by atoms with Crippen molar-refractivity contribution < 1.29 is 14.0 Å². The van der Waals surface area contributed by atoms with E-state index in [1.54, 1.807) is 36.4 Å². The first-order chi connectivity index (χ1) is 11.5. The highest BCUT2D eigenvalue weighted by atomic mass is 19.1. The second-order valence-corrected chi connectivity index (χ2v) is 5.95. The molecule has 24 heavy (non-hydrogen) atoms. The number of carbonyl (C=O) groups excluding carboxylic acids is 2. The Morgan fingerprint density at radius 1 is 0.958 bits per heavy atom. The minimum Gasteiger partial charge on any atom is -0.352 e. The summed E-state index contributed by atoms with van der Waals surface area (Å²) in [6.45, 7) is 4.80.